The summed E-state index contributed by atoms with van der Waals surface area (Å²) in [4.78, 5) is 34.4. The van der Waals surface area contributed by atoms with Crippen LogP contribution in [-0.2, 0) is 27.2 Å². The number of carbonyl (C=O) groups is 3. The molecule has 1 N–H and O–H groups in total. The molecule has 1 aromatic heterocycles. The molecule has 0 fully saturated rings. The second-order valence-corrected chi connectivity index (χ2v) is 10.8. The molecule has 5 nitrogen and oxygen atoms in total. The highest BCUT2D eigenvalue weighted by Gasteiger charge is 2.20. The molecule has 0 aliphatic rings. The number of aryl methyl sites for hydroxylation is 2. The summed E-state index contributed by atoms with van der Waals surface area (Å²) in [6.45, 7) is 23.6. The Hall–Kier alpha value is -4.25. The lowest BCUT2D eigenvalue weighted by Crippen LogP contribution is -2.22. The second kappa shape index (κ2) is 26.2. The van der Waals surface area contributed by atoms with Crippen molar-refractivity contribution in [3.63, 3.8) is 0 Å². The van der Waals surface area contributed by atoms with Gasteiger partial charge in [-0.1, -0.05) is 136 Å². The van der Waals surface area contributed by atoms with Crippen LogP contribution in [0.4, 0.5) is 0 Å². The third-order valence-electron chi connectivity index (χ3n) is 5.61. The lowest BCUT2D eigenvalue weighted by molar-refractivity contribution is -0.128. The number of benzene rings is 2. The normalized spacial score (nSPS) is 9.56. The number of hydrogen-bond acceptors (Lipinski definition) is 5. The van der Waals surface area contributed by atoms with Crippen molar-refractivity contribution in [2.45, 2.75) is 95.9 Å². The molecule has 0 spiro atoms. The van der Waals surface area contributed by atoms with Crippen molar-refractivity contribution in [1.82, 2.24) is 4.98 Å². The first-order valence-electron chi connectivity index (χ1n) is 15.3. The lowest BCUT2D eigenvalue weighted by atomic mass is 9.87. The topological polar surface area (TPSA) is 87.9 Å². The van der Waals surface area contributed by atoms with E-state index in [9.17, 15) is 9.59 Å². The Morgan fingerprint density at radius 2 is 1.42 bits per heavy atom. The second-order valence-electron chi connectivity index (χ2n) is 10.8. The zero-order valence-corrected chi connectivity index (χ0v) is 28.7. The highest BCUT2D eigenvalue weighted by atomic mass is 16.2. The molecule has 1 heterocycles. The van der Waals surface area contributed by atoms with Crippen LogP contribution in [0.1, 0.15) is 104 Å². The van der Waals surface area contributed by atoms with Crippen molar-refractivity contribution in [3.05, 3.63) is 120 Å². The number of allylic oxidation sites excluding steroid dienone is 3. The molecule has 246 valence electrons. The largest absolute Gasteiger partial charge is 0.300 e. The van der Waals surface area contributed by atoms with Crippen LogP contribution >= 0.6 is 0 Å². The van der Waals surface area contributed by atoms with Crippen LogP contribution in [0.5, 0.6) is 0 Å². The SMILES string of the molecule is C.C=C(/C=C\C(=N)c1cccnc1)c1ccc(C)cc1.CC.CC(=O)C=O.CCC.CCc1cccc(CC(=O)C(C)(C)C)c1. The van der Waals surface area contributed by atoms with Crippen LogP contribution in [0.15, 0.2) is 91.8 Å². The fourth-order valence-corrected chi connectivity index (χ4v) is 3.08. The summed E-state index contributed by atoms with van der Waals surface area (Å²) >= 11 is 0. The predicted octanol–water partition coefficient (Wildman–Crippen LogP) is 10.3. The Labute approximate surface area is 274 Å². The number of nitrogens with zero attached hydrogens (tertiary/aromatic N) is 1. The number of rotatable bonds is 8. The molecule has 45 heavy (non-hydrogen) atoms. The van der Waals surface area contributed by atoms with E-state index in [0.29, 0.717) is 17.9 Å². The van der Waals surface area contributed by atoms with Gasteiger partial charge in [-0.25, -0.2) is 0 Å². The van der Waals surface area contributed by atoms with Crippen molar-refractivity contribution >= 4 is 29.1 Å². The number of carbonyl (C=O) groups excluding carboxylic acids is 3. The summed E-state index contributed by atoms with van der Waals surface area (Å²) in [6, 6.07) is 20.2. The van der Waals surface area contributed by atoms with Gasteiger partial charge in [0.15, 0.2) is 12.1 Å². The van der Waals surface area contributed by atoms with E-state index in [1.54, 1.807) is 18.5 Å². The number of Topliss-reactive ketones (excluding diaryl/α,β-unsaturated/α-hetero) is 2. The van der Waals surface area contributed by atoms with E-state index in [0.717, 1.165) is 28.7 Å². The van der Waals surface area contributed by atoms with Crippen molar-refractivity contribution in [2.75, 3.05) is 0 Å². The number of ketones is 2. The van der Waals surface area contributed by atoms with Gasteiger partial charge >= 0.3 is 0 Å². The average Bonchev–Trinajstić information content (AvgIpc) is 3.02. The van der Waals surface area contributed by atoms with Gasteiger partial charge in [-0.3, -0.25) is 19.4 Å². The summed E-state index contributed by atoms with van der Waals surface area (Å²) in [6.07, 6.45) is 10.1. The van der Waals surface area contributed by atoms with E-state index in [1.165, 1.54) is 24.5 Å². The number of pyridine rings is 1. The molecule has 0 aliphatic carbocycles. The Morgan fingerprint density at radius 3 is 1.87 bits per heavy atom. The monoisotopic (exact) mass is 614 g/mol. The van der Waals surface area contributed by atoms with Gasteiger partial charge in [0.1, 0.15) is 5.78 Å². The minimum absolute atomic E-state index is 0. The molecule has 3 rings (SSSR count). The van der Waals surface area contributed by atoms with Gasteiger partial charge in [0, 0.05) is 36.7 Å². The third kappa shape index (κ3) is 22.0. The number of aromatic nitrogens is 1. The van der Waals surface area contributed by atoms with Crippen molar-refractivity contribution in [2.24, 2.45) is 5.41 Å². The van der Waals surface area contributed by atoms with E-state index in [1.807, 2.05) is 77.1 Å². The molecule has 0 radical (unpaired) electrons. The first kappa shape index (κ1) is 45.2. The van der Waals surface area contributed by atoms with E-state index in [2.05, 4.69) is 63.5 Å². The van der Waals surface area contributed by atoms with Gasteiger partial charge in [0.05, 0.1) is 5.71 Å². The van der Waals surface area contributed by atoms with Crippen molar-refractivity contribution < 1.29 is 14.4 Å². The van der Waals surface area contributed by atoms with Crippen LogP contribution in [0.25, 0.3) is 5.57 Å². The Kier molecular flexibility index (Phi) is 26.3. The van der Waals surface area contributed by atoms with Crippen LogP contribution < -0.4 is 0 Å². The molecule has 0 saturated heterocycles. The molecule has 0 amide bonds. The number of nitrogens with one attached hydrogen (secondary N) is 1. The predicted molar refractivity (Wildman–Crippen MR) is 195 cm³/mol. The Balaban J connectivity index is -0.000000605. The fourth-order valence-electron chi connectivity index (χ4n) is 3.08. The molecule has 5 heteroatoms. The maximum absolute atomic E-state index is 11.8. The minimum Gasteiger partial charge on any atom is -0.300 e. The lowest BCUT2D eigenvalue weighted by Gasteiger charge is -2.16. The maximum Gasteiger partial charge on any atom is 0.192 e. The molecule has 3 aromatic rings. The molecule has 2 aromatic carbocycles. The Morgan fingerprint density at radius 1 is 0.889 bits per heavy atom. The summed E-state index contributed by atoms with van der Waals surface area (Å²) in [5, 5.41) is 7.95. The highest BCUT2D eigenvalue weighted by molar-refractivity contribution is 6.23. The summed E-state index contributed by atoms with van der Waals surface area (Å²) in [5.74, 6) is -0.124. The van der Waals surface area contributed by atoms with E-state index in [-0.39, 0.29) is 19.1 Å². The van der Waals surface area contributed by atoms with Crippen LogP contribution in [0, 0.1) is 17.7 Å². The van der Waals surface area contributed by atoms with E-state index in [4.69, 9.17) is 10.2 Å². The Bertz CT molecular complexity index is 1300. The third-order valence-corrected chi connectivity index (χ3v) is 5.61. The molecule has 0 unspecified atom stereocenters. The van der Waals surface area contributed by atoms with Gasteiger partial charge in [0.25, 0.3) is 0 Å². The molecular formula is C40H58N2O3. The molecule has 0 aliphatic heterocycles. The van der Waals surface area contributed by atoms with Crippen molar-refractivity contribution in [3.8, 4) is 0 Å². The van der Waals surface area contributed by atoms with Crippen molar-refractivity contribution in [1.29, 1.82) is 5.41 Å². The first-order valence-corrected chi connectivity index (χ1v) is 15.3. The molecule has 0 bridgehead atoms. The highest BCUT2D eigenvalue weighted by Crippen LogP contribution is 2.18. The van der Waals surface area contributed by atoms with Crippen LogP contribution in [-0.4, -0.2) is 28.5 Å². The summed E-state index contributed by atoms with van der Waals surface area (Å²) < 4.78 is 0. The molecule has 0 saturated carbocycles. The number of hydrogen-bond donors (Lipinski definition) is 1. The molecular weight excluding hydrogens is 556 g/mol. The summed E-state index contributed by atoms with van der Waals surface area (Å²) in [5.41, 5.74) is 6.63. The average molecular weight is 615 g/mol. The zero-order valence-electron chi connectivity index (χ0n) is 28.7. The standard InChI is InChI=1S/C17H16N2.C14H20O.C3H4O2.C3H8.C2H6.CH4/c1-13-5-8-15(9-6-13)14(2)7-10-17(18)16-4-3-11-19-12-16;1-5-11-7-6-8-12(9-11)10-13(15)14(2,3)4;1-3(5)2-4;1-3-2;1-2;/h3-12,18H,2H2,1H3;6-9H,5,10H2,1-4H3;2H,1H3;3H2,1-2H3;1-2H3;1H4/b10-7-,18-17?;;;;;. The van der Waals surface area contributed by atoms with Gasteiger partial charge in [0.2, 0.25) is 0 Å². The van der Waals surface area contributed by atoms with Crippen LogP contribution in [0.2, 0.25) is 0 Å². The van der Waals surface area contributed by atoms with Crippen LogP contribution in [0.3, 0.4) is 0 Å². The minimum atomic E-state index is -0.426. The quantitative estimate of drug-likeness (QED) is 0.118. The van der Waals surface area contributed by atoms with E-state index < -0.39 is 5.78 Å². The smallest absolute Gasteiger partial charge is 0.192 e. The van der Waals surface area contributed by atoms with Gasteiger partial charge in [-0.2, -0.15) is 0 Å². The number of aldehydes is 1. The van der Waals surface area contributed by atoms with Gasteiger partial charge in [-0.15, -0.1) is 0 Å². The van der Waals surface area contributed by atoms with E-state index >= 15 is 0 Å². The maximum atomic E-state index is 11.8. The van der Waals surface area contributed by atoms with Gasteiger partial charge in [-0.05, 0) is 53.8 Å². The van der Waals surface area contributed by atoms with Gasteiger partial charge < -0.3 is 5.41 Å². The first-order chi connectivity index (χ1) is 20.8. The molecule has 0 atom stereocenters. The fraction of sp³-hybridized carbons (Fsp3) is 0.375. The zero-order chi connectivity index (χ0) is 34.1. The summed E-state index contributed by atoms with van der Waals surface area (Å²) in [7, 11) is 0.